The topological polar surface area (TPSA) is 50.4 Å². The van der Waals surface area contributed by atoms with Gasteiger partial charge in [-0.3, -0.25) is 0 Å². The molecule has 0 saturated heterocycles. The Bertz CT molecular complexity index is 276. The van der Waals surface area contributed by atoms with Crippen LogP contribution in [-0.4, -0.2) is 37.3 Å². The molecule has 0 aliphatic carbocycles. The predicted molar refractivity (Wildman–Crippen MR) is 71.5 cm³/mol. The Morgan fingerprint density at radius 3 is 2.26 bits per heavy atom. The molecule has 0 fully saturated rings. The van der Waals surface area contributed by atoms with E-state index in [1.165, 1.54) is 0 Å². The highest BCUT2D eigenvalue weighted by Crippen LogP contribution is 2.12. The van der Waals surface area contributed by atoms with Crippen molar-refractivity contribution in [3.63, 3.8) is 0 Å². The quantitative estimate of drug-likeness (QED) is 0.705. The van der Waals surface area contributed by atoms with Gasteiger partial charge in [0.25, 0.3) is 5.92 Å². The number of hydrogen-bond acceptors (Lipinski definition) is 3. The van der Waals surface area contributed by atoms with Crippen molar-refractivity contribution in [3.05, 3.63) is 0 Å². The number of ether oxygens (including phenoxy) is 1. The molecule has 2 N–H and O–H groups in total. The van der Waals surface area contributed by atoms with Crippen LogP contribution in [0, 0.1) is 5.92 Å². The van der Waals surface area contributed by atoms with E-state index in [9.17, 15) is 13.6 Å². The number of carbonyl (C=O) groups excluding carboxylic acids is 1. The van der Waals surface area contributed by atoms with E-state index in [2.05, 4.69) is 10.6 Å². The highest BCUT2D eigenvalue weighted by atomic mass is 19.3. The second-order valence-electron chi connectivity index (χ2n) is 6.07. The summed E-state index contributed by atoms with van der Waals surface area (Å²) in [5, 5.41) is 4.76. The van der Waals surface area contributed by atoms with Gasteiger partial charge in [-0.25, -0.2) is 13.6 Å². The van der Waals surface area contributed by atoms with Gasteiger partial charge in [-0.2, -0.15) is 0 Å². The molecule has 0 bridgehead atoms. The fourth-order valence-corrected chi connectivity index (χ4v) is 1.24. The molecule has 0 radical (unpaired) electrons. The van der Waals surface area contributed by atoms with Crippen molar-refractivity contribution in [2.45, 2.75) is 52.6 Å². The number of halogens is 2. The Labute approximate surface area is 114 Å². The van der Waals surface area contributed by atoms with Crippen LogP contribution in [-0.2, 0) is 4.74 Å². The Hall–Kier alpha value is -0.910. The van der Waals surface area contributed by atoms with Gasteiger partial charge in [0, 0.05) is 0 Å². The van der Waals surface area contributed by atoms with Crippen LogP contribution in [0.3, 0.4) is 0 Å². The van der Waals surface area contributed by atoms with Gasteiger partial charge in [0.05, 0.1) is 13.1 Å². The highest BCUT2D eigenvalue weighted by molar-refractivity contribution is 5.67. The monoisotopic (exact) mass is 280 g/mol. The van der Waals surface area contributed by atoms with Gasteiger partial charge < -0.3 is 15.4 Å². The van der Waals surface area contributed by atoms with Gasteiger partial charge in [-0.1, -0.05) is 13.8 Å². The minimum atomic E-state index is -2.98. The van der Waals surface area contributed by atoms with Crippen LogP contribution < -0.4 is 10.6 Å². The van der Waals surface area contributed by atoms with E-state index in [0.717, 1.165) is 6.42 Å². The summed E-state index contributed by atoms with van der Waals surface area (Å²) in [6.07, 6.45) is 0.0182. The Kier molecular flexibility index (Phi) is 7.26. The number of alkyl halides is 2. The molecule has 0 aromatic rings. The van der Waals surface area contributed by atoms with Crippen LogP contribution in [0.15, 0.2) is 0 Å². The van der Waals surface area contributed by atoms with E-state index in [-0.39, 0.29) is 0 Å². The minimum Gasteiger partial charge on any atom is -0.444 e. The second kappa shape index (κ2) is 7.62. The van der Waals surface area contributed by atoms with Crippen molar-refractivity contribution in [1.29, 1.82) is 0 Å². The molecule has 0 rings (SSSR count). The van der Waals surface area contributed by atoms with Crippen molar-refractivity contribution < 1.29 is 18.3 Å². The average molecular weight is 280 g/mol. The van der Waals surface area contributed by atoms with Crippen molar-refractivity contribution in [1.82, 2.24) is 10.6 Å². The van der Waals surface area contributed by atoms with Crippen molar-refractivity contribution in [2.75, 3.05) is 19.6 Å². The van der Waals surface area contributed by atoms with Crippen LogP contribution >= 0.6 is 0 Å². The molecule has 0 heterocycles. The molecule has 0 atom stereocenters. The minimum absolute atomic E-state index is 0.449. The summed E-state index contributed by atoms with van der Waals surface area (Å²) in [6, 6.07) is 0. The van der Waals surface area contributed by atoms with E-state index in [4.69, 9.17) is 4.74 Å². The Balaban J connectivity index is 3.86. The third-order valence-electron chi connectivity index (χ3n) is 2.17. The molecule has 0 aromatic heterocycles. The van der Waals surface area contributed by atoms with E-state index in [1.54, 1.807) is 20.8 Å². The SMILES string of the molecule is CC(C)CCNCC(F)(F)CNC(=O)OC(C)(C)C. The number of carbonyl (C=O) groups is 1. The summed E-state index contributed by atoms with van der Waals surface area (Å²) in [7, 11) is 0. The maximum absolute atomic E-state index is 13.4. The van der Waals surface area contributed by atoms with Crippen LogP contribution in [0.5, 0.6) is 0 Å². The lowest BCUT2D eigenvalue weighted by Gasteiger charge is -2.22. The third-order valence-corrected chi connectivity index (χ3v) is 2.17. The maximum atomic E-state index is 13.4. The molecule has 1 amide bonds. The molecule has 114 valence electrons. The lowest BCUT2D eigenvalue weighted by molar-refractivity contribution is -0.00353. The first kappa shape index (κ1) is 18.1. The van der Waals surface area contributed by atoms with Gasteiger partial charge in [-0.05, 0) is 39.7 Å². The fraction of sp³-hybridized carbons (Fsp3) is 0.923. The van der Waals surface area contributed by atoms with Crippen molar-refractivity contribution in [3.8, 4) is 0 Å². The standard InChI is InChI=1S/C13H26F2N2O2/c1-10(2)6-7-16-8-13(14,15)9-17-11(18)19-12(3,4)5/h10,16H,6-9H2,1-5H3,(H,17,18). The zero-order valence-electron chi connectivity index (χ0n) is 12.5. The summed E-state index contributed by atoms with van der Waals surface area (Å²) in [5.41, 5.74) is -0.686. The largest absolute Gasteiger partial charge is 0.444 e. The fourth-order valence-electron chi connectivity index (χ4n) is 1.24. The van der Waals surface area contributed by atoms with Crippen LogP contribution in [0.1, 0.15) is 41.0 Å². The number of hydrogen-bond donors (Lipinski definition) is 2. The molecule has 0 aliphatic rings. The zero-order valence-corrected chi connectivity index (χ0v) is 12.5. The first-order chi connectivity index (χ1) is 8.52. The first-order valence-corrected chi connectivity index (χ1v) is 6.57. The number of alkyl carbamates (subject to hydrolysis) is 1. The summed E-state index contributed by atoms with van der Waals surface area (Å²) in [6.45, 7) is 8.47. The van der Waals surface area contributed by atoms with E-state index < -0.39 is 30.7 Å². The summed E-state index contributed by atoms with van der Waals surface area (Å²) >= 11 is 0. The summed E-state index contributed by atoms with van der Waals surface area (Å²) in [4.78, 5) is 11.2. The van der Waals surface area contributed by atoms with E-state index >= 15 is 0 Å². The average Bonchev–Trinajstić information content (AvgIpc) is 2.19. The second-order valence-corrected chi connectivity index (χ2v) is 6.07. The van der Waals surface area contributed by atoms with Crippen LogP contribution in [0.2, 0.25) is 0 Å². The predicted octanol–water partition coefficient (Wildman–Crippen LogP) is 2.78. The molecule has 4 nitrogen and oxygen atoms in total. The first-order valence-electron chi connectivity index (χ1n) is 6.57. The zero-order chi connectivity index (χ0) is 15.1. The van der Waals surface area contributed by atoms with Crippen LogP contribution in [0.25, 0.3) is 0 Å². The molecule has 0 saturated carbocycles. The molecule has 0 aliphatic heterocycles. The lowest BCUT2D eigenvalue weighted by Crippen LogP contribution is -2.45. The van der Waals surface area contributed by atoms with Crippen LogP contribution in [0.4, 0.5) is 13.6 Å². The molecule has 6 heteroatoms. The van der Waals surface area contributed by atoms with Gasteiger partial charge in [0.1, 0.15) is 5.60 Å². The lowest BCUT2D eigenvalue weighted by atomic mass is 10.1. The van der Waals surface area contributed by atoms with E-state index in [0.29, 0.717) is 12.5 Å². The normalized spacial score (nSPS) is 12.6. The Morgan fingerprint density at radius 2 is 1.79 bits per heavy atom. The molecular formula is C13H26F2N2O2. The van der Waals surface area contributed by atoms with Crippen molar-refractivity contribution in [2.24, 2.45) is 5.92 Å². The summed E-state index contributed by atoms with van der Waals surface area (Å²) in [5.74, 6) is -2.51. The van der Waals surface area contributed by atoms with Gasteiger partial charge in [0.2, 0.25) is 0 Å². The number of rotatable bonds is 7. The van der Waals surface area contributed by atoms with Crippen molar-refractivity contribution >= 4 is 6.09 Å². The number of amides is 1. The smallest absolute Gasteiger partial charge is 0.407 e. The molecule has 0 aromatic carbocycles. The maximum Gasteiger partial charge on any atom is 0.407 e. The molecule has 0 unspecified atom stereocenters. The van der Waals surface area contributed by atoms with Gasteiger partial charge in [-0.15, -0.1) is 0 Å². The molecular weight excluding hydrogens is 254 g/mol. The summed E-state index contributed by atoms with van der Waals surface area (Å²) < 4.78 is 31.7. The highest BCUT2D eigenvalue weighted by Gasteiger charge is 2.29. The Morgan fingerprint density at radius 1 is 1.21 bits per heavy atom. The van der Waals surface area contributed by atoms with Gasteiger partial charge >= 0.3 is 6.09 Å². The molecule has 0 spiro atoms. The van der Waals surface area contributed by atoms with Gasteiger partial charge in [0.15, 0.2) is 0 Å². The third kappa shape index (κ3) is 11.9. The number of nitrogens with one attached hydrogen (secondary N) is 2. The van der Waals surface area contributed by atoms with E-state index in [1.807, 2.05) is 13.8 Å². The molecule has 19 heavy (non-hydrogen) atoms.